The zero-order chi connectivity index (χ0) is 15.7. The normalized spacial score (nSPS) is 11.1. The monoisotopic (exact) mass is 317 g/mol. The molecular weight excluding hydrogens is 301 g/mol. The van der Waals surface area contributed by atoms with E-state index in [4.69, 9.17) is 5.11 Å². The lowest BCUT2D eigenvalue weighted by Crippen LogP contribution is -2.22. The number of hydrogen-bond acceptors (Lipinski definition) is 5. The number of aryl methyl sites for hydroxylation is 1. The highest BCUT2D eigenvalue weighted by Crippen LogP contribution is 2.41. The number of anilines is 1. The Balaban J connectivity index is 2.25. The van der Waals surface area contributed by atoms with Gasteiger partial charge in [-0.2, -0.15) is 0 Å². The molecule has 0 fully saturated rings. The number of halogens is 1. The Morgan fingerprint density at radius 3 is 2.64 bits per heavy atom. The number of aromatic nitrogens is 2. The molecule has 0 aliphatic rings. The first kappa shape index (κ1) is 14.9. The molecule has 6 heteroatoms. The standard InChI is InChI=1S/C16H16FN3OS/c1-10-13(11-3-5-12(17)6-4-11)14-15(20(2)7-8-21)18-9-19-16(14)22-10/h3-6,9,21H,7-8H2,1-2H3. The third-order valence-corrected chi connectivity index (χ3v) is 4.59. The largest absolute Gasteiger partial charge is 0.395 e. The molecule has 22 heavy (non-hydrogen) atoms. The highest BCUT2D eigenvalue weighted by atomic mass is 32.1. The van der Waals surface area contributed by atoms with E-state index in [0.29, 0.717) is 6.54 Å². The average Bonchev–Trinajstić information content (AvgIpc) is 2.84. The maximum atomic E-state index is 13.2. The lowest BCUT2D eigenvalue weighted by atomic mass is 10.0. The van der Waals surface area contributed by atoms with Gasteiger partial charge in [-0.3, -0.25) is 0 Å². The van der Waals surface area contributed by atoms with Gasteiger partial charge in [-0.05, 0) is 24.6 Å². The van der Waals surface area contributed by atoms with Gasteiger partial charge >= 0.3 is 0 Å². The van der Waals surface area contributed by atoms with Crippen molar-refractivity contribution >= 4 is 27.4 Å². The topological polar surface area (TPSA) is 49.2 Å². The predicted molar refractivity (Wildman–Crippen MR) is 87.9 cm³/mol. The molecule has 114 valence electrons. The fraction of sp³-hybridized carbons (Fsp3) is 0.250. The summed E-state index contributed by atoms with van der Waals surface area (Å²) in [4.78, 5) is 12.6. The third kappa shape index (κ3) is 2.55. The van der Waals surface area contributed by atoms with Crippen molar-refractivity contribution in [1.29, 1.82) is 0 Å². The van der Waals surface area contributed by atoms with E-state index in [1.807, 2.05) is 18.9 Å². The molecule has 2 heterocycles. The Morgan fingerprint density at radius 1 is 1.23 bits per heavy atom. The summed E-state index contributed by atoms with van der Waals surface area (Å²) in [7, 11) is 1.89. The minimum atomic E-state index is -0.255. The van der Waals surface area contributed by atoms with Crippen molar-refractivity contribution in [1.82, 2.24) is 9.97 Å². The van der Waals surface area contributed by atoms with Crippen molar-refractivity contribution in [2.45, 2.75) is 6.92 Å². The van der Waals surface area contributed by atoms with E-state index in [-0.39, 0.29) is 12.4 Å². The number of thiophene rings is 1. The molecule has 0 aliphatic heterocycles. The quantitative estimate of drug-likeness (QED) is 0.802. The first-order valence-corrected chi connectivity index (χ1v) is 7.75. The molecule has 1 N–H and O–H groups in total. The van der Waals surface area contributed by atoms with Crippen molar-refractivity contribution in [2.24, 2.45) is 0 Å². The molecule has 0 radical (unpaired) electrons. The van der Waals surface area contributed by atoms with E-state index in [1.165, 1.54) is 18.5 Å². The van der Waals surface area contributed by atoms with Crippen LogP contribution >= 0.6 is 11.3 Å². The molecule has 3 rings (SSSR count). The van der Waals surface area contributed by atoms with Crippen LogP contribution in [0.25, 0.3) is 21.3 Å². The van der Waals surface area contributed by atoms with Gasteiger partial charge in [-0.25, -0.2) is 14.4 Å². The number of fused-ring (bicyclic) bond motifs is 1. The number of benzene rings is 1. The number of likely N-dealkylation sites (N-methyl/N-ethyl adjacent to an activating group) is 1. The molecule has 0 aliphatic carbocycles. The highest BCUT2D eigenvalue weighted by Gasteiger charge is 2.18. The Labute approximate surface area is 131 Å². The van der Waals surface area contributed by atoms with E-state index >= 15 is 0 Å². The SMILES string of the molecule is Cc1sc2ncnc(N(C)CCO)c2c1-c1ccc(F)cc1. The summed E-state index contributed by atoms with van der Waals surface area (Å²) in [6.45, 7) is 2.57. The van der Waals surface area contributed by atoms with Crippen LogP contribution in [0.2, 0.25) is 0 Å². The van der Waals surface area contributed by atoms with E-state index in [1.54, 1.807) is 23.5 Å². The highest BCUT2D eigenvalue weighted by molar-refractivity contribution is 7.19. The molecule has 0 saturated heterocycles. The van der Waals surface area contributed by atoms with E-state index in [9.17, 15) is 4.39 Å². The number of rotatable bonds is 4. The maximum absolute atomic E-state index is 13.2. The summed E-state index contributed by atoms with van der Waals surface area (Å²) in [5.41, 5.74) is 1.97. The Bertz CT molecular complexity index is 801. The van der Waals surface area contributed by atoms with Crippen LogP contribution in [0, 0.1) is 12.7 Å². The van der Waals surface area contributed by atoms with Crippen molar-refractivity contribution in [3.05, 3.63) is 41.3 Å². The minimum absolute atomic E-state index is 0.0526. The molecule has 4 nitrogen and oxygen atoms in total. The second-order valence-electron chi connectivity index (χ2n) is 5.06. The van der Waals surface area contributed by atoms with Gasteiger partial charge in [-0.15, -0.1) is 11.3 Å². The van der Waals surface area contributed by atoms with Gasteiger partial charge in [0, 0.05) is 24.0 Å². The smallest absolute Gasteiger partial charge is 0.141 e. The van der Waals surface area contributed by atoms with Gasteiger partial charge in [-0.1, -0.05) is 12.1 Å². The van der Waals surface area contributed by atoms with E-state index in [2.05, 4.69) is 9.97 Å². The molecule has 0 saturated carbocycles. The van der Waals surface area contributed by atoms with Gasteiger partial charge in [0.15, 0.2) is 0 Å². The predicted octanol–water partition coefficient (Wildman–Crippen LogP) is 3.23. The van der Waals surface area contributed by atoms with Crippen LogP contribution in [0.15, 0.2) is 30.6 Å². The average molecular weight is 317 g/mol. The zero-order valence-electron chi connectivity index (χ0n) is 12.4. The van der Waals surface area contributed by atoms with Crippen molar-refractivity contribution in [3.8, 4) is 11.1 Å². The van der Waals surface area contributed by atoms with Crippen molar-refractivity contribution < 1.29 is 9.50 Å². The summed E-state index contributed by atoms with van der Waals surface area (Å²) in [6, 6.07) is 6.46. The van der Waals surface area contributed by atoms with Crippen molar-refractivity contribution in [3.63, 3.8) is 0 Å². The second kappa shape index (κ2) is 5.98. The summed E-state index contributed by atoms with van der Waals surface area (Å²) in [5.74, 6) is 0.525. The lowest BCUT2D eigenvalue weighted by Gasteiger charge is -2.18. The third-order valence-electron chi connectivity index (χ3n) is 3.57. The van der Waals surface area contributed by atoms with Crippen LogP contribution in [0.5, 0.6) is 0 Å². The molecule has 1 aromatic carbocycles. The van der Waals surface area contributed by atoms with Gasteiger partial charge in [0.25, 0.3) is 0 Å². The summed E-state index contributed by atoms with van der Waals surface area (Å²) < 4.78 is 13.2. The fourth-order valence-corrected chi connectivity index (χ4v) is 3.55. The Kier molecular flexibility index (Phi) is 4.04. The molecular formula is C16H16FN3OS. The first-order chi connectivity index (χ1) is 10.6. The number of aliphatic hydroxyl groups excluding tert-OH is 1. The van der Waals surface area contributed by atoms with Gasteiger partial charge in [0.1, 0.15) is 22.8 Å². The molecule has 0 amide bonds. The molecule has 0 atom stereocenters. The summed E-state index contributed by atoms with van der Waals surface area (Å²) >= 11 is 1.59. The molecule has 0 spiro atoms. The second-order valence-corrected chi connectivity index (χ2v) is 6.27. The minimum Gasteiger partial charge on any atom is -0.395 e. The fourth-order valence-electron chi connectivity index (χ4n) is 2.54. The number of nitrogens with zero attached hydrogens (tertiary/aromatic N) is 3. The molecule has 0 unspecified atom stereocenters. The number of aliphatic hydroxyl groups is 1. The molecule has 0 bridgehead atoms. The molecule has 3 aromatic rings. The van der Waals surface area contributed by atoms with Crippen molar-refractivity contribution in [2.75, 3.05) is 25.1 Å². The number of hydrogen-bond donors (Lipinski definition) is 1. The van der Waals surface area contributed by atoms with Crippen LogP contribution in [-0.4, -0.2) is 35.3 Å². The maximum Gasteiger partial charge on any atom is 0.141 e. The van der Waals surface area contributed by atoms with Crippen LogP contribution in [-0.2, 0) is 0 Å². The van der Waals surface area contributed by atoms with Crippen LogP contribution in [0.1, 0.15) is 4.88 Å². The Morgan fingerprint density at radius 2 is 1.95 bits per heavy atom. The lowest BCUT2D eigenvalue weighted by molar-refractivity contribution is 0.304. The van der Waals surface area contributed by atoms with Crippen LogP contribution < -0.4 is 4.90 Å². The Hall–Kier alpha value is -2.05. The molecule has 2 aromatic heterocycles. The zero-order valence-corrected chi connectivity index (χ0v) is 13.2. The van der Waals surface area contributed by atoms with Crippen LogP contribution in [0.3, 0.4) is 0 Å². The van der Waals surface area contributed by atoms with E-state index < -0.39 is 0 Å². The van der Waals surface area contributed by atoms with Gasteiger partial charge in [0.05, 0.1) is 12.0 Å². The summed E-state index contributed by atoms with van der Waals surface area (Å²) in [6.07, 6.45) is 1.54. The van der Waals surface area contributed by atoms with Crippen LogP contribution in [0.4, 0.5) is 10.2 Å². The summed E-state index contributed by atoms with van der Waals surface area (Å²) in [5, 5.41) is 10.1. The van der Waals surface area contributed by atoms with Gasteiger partial charge in [0.2, 0.25) is 0 Å². The van der Waals surface area contributed by atoms with E-state index in [0.717, 1.165) is 32.0 Å². The van der Waals surface area contributed by atoms with Gasteiger partial charge < -0.3 is 10.0 Å². The first-order valence-electron chi connectivity index (χ1n) is 6.94.